The Morgan fingerprint density at radius 3 is 2.64 bits per heavy atom. The van der Waals surface area contributed by atoms with Crippen molar-refractivity contribution in [2.75, 3.05) is 12.4 Å². The van der Waals surface area contributed by atoms with Gasteiger partial charge in [-0.05, 0) is 47.3 Å². The first kappa shape index (κ1) is 18.2. The first-order valence-electron chi connectivity index (χ1n) is 8.83. The highest BCUT2D eigenvalue weighted by molar-refractivity contribution is 7.20. The Kier molecular flexibility index (Phi) is 4.83. The minimum atomic E-state index is -0.267. The summed E-state index contributed by atoms with van der Waals surface area (Å²) in [6.07, 6.45) is 0.530. The Morgan fingerprint density at radius 1 is 1.11 bits per heavy atom. The largest absolute Gasteiger partial charge is 0.497 e. The van der Waals surface area contributed by atoms with Crippen molar-refractivity contribution in [1.29, 1.82) is 0 Å². The first-order chi connectivity index (χ1) is 13.5. The second-order valence-corrected chi connectivity index (χ2v) is 7.75. The third kappa shape index (κ3) is 3.75. The molecule has 4 rings (SSSR count). The van der Waals surface area contributed by atoms with Crippen molar-refractivity contribution in [3.8, 4) is 5.75 Å². The van der Waals surface area contributed by atoms with Crippen LogP contribution in [0.3, 0.4) is 0 Å². The van der Waals surface area contributed by atoms with Crippen LogP contribution in [0.2, 0.25) is 0 Å². The second-order valence-electron chi connectivity index (χ2n) is 6.67. The molecule has 0 saturated carbocycles. The number of piperidine rings is 1. The predicted molar refractivity (Wildman–Crippen MR) is 108 cm³/mol. The summed E-state index contributed by atoms with van der Waals surface area (Å²) in [4.78, 5) is 36.5. The van der Waals surface area contributed by atoms with Gasteiger partial charge in [0.15, 0.2) is 0 Å². The molecule has 6 nitrogen and oxygen atoms in total. The van der Waals surface area contributed by atoms with E-state index in [0.717, 1.165) is 21.4 Å². The molecule has 2 aromatic carbocycles. The smallest absolute Gasteiger partial charge is 0.265 e. The maximum atomic E-state index is 12.7. The van der Waals surface area contributed by atoms with Gasteiger partial charge in [0.25, 0.3) is 5.91 Å². The number of amides is 3. The molecule has 0 radical (unpaired) electrons. The number of ether oxygens (including phenoxy) is 1. The van der Waals surface area contributed by atoms with Gasteiger partial charge >= 0.3 is 0 Å². The molecule has 7 heteroatoms. The van der Waals surface area contributed by atoms with Crippen LogP contribution < -0.4 is 15.4 Å². The number of thiophene rings is 1. The van der Waals surface area contributed by atoms with Crippen LogP contribution in [0.15, 0.2) is 48.5 Å². The molecule has 0 unspecified atom stereocenters. The highest BCUT2D eigenvalue weighted by atomic mass is 32.1. The normalized spacial score (nSPS) is 14.8. The lowest BCUT2D eigenvalue weighted by Gasteiger charge is -2.21. The Hall–Kier alpha value is -3.19. The zero-order valence-electron chi connectivity index (χ0n) is 15.2. The van der Waals surface area contributed by atoms with Crippen LogP contribution in [0, 0.1) is 0 Å². The fraction of sp³-hybridized carbons (Fsp3) is 0.190. The Balaban J connectivity index is 1.53. The molecule has 1 aromatic heterocycles. The highest BCUT2D eigenvalue weighted by Gasteiger charge is 2.26. The molecular formula is C21H18N2O4S. The molecule has 0 spiro atoms. The molecule has 2 N–H and O–H groups in total. The van der Waals surface area contributed by atoms with E-state index in [4.69, 9.17) is 4.74 Å². The quantitative estimate of drug-likeness (QED) is 0.661. The third-order valence-electron chi connectivity index (χ3n) is 4.71. The molecule has 3 amide bonds. The van der Waals surface area contributed by atoms with Crippen molar-refractivity contribution in [2.45, 2.75) is 18.8 Å². The number of hydrogen-bond donors (Lipinski definition) is 2. The number of anilines is 1. The number of methoxy groups -OCH3 is 1. The lowest BCUT2D eigenvalue weighted by molar-refractivity contribution is -0.133. The van der Waals surface area contributed by atoms with Gasteiger partial charge in [0.05, 0.1) is 12.0 Å². The van der Waals surface area contributed by atoms with E-state index >= 15 is 0 Å². The molecule has 28 heavy (non-hydrogen) atoms. The van der Waals surface area contributed by atoms with E-state index < -0.39 is 0 Å². The molecule has 1 aliphatic heterocycles. The van der Waals surface area contributed by atoms with Crippen molar-refractivity contribution in [3.05, 3.63) is 59.0 Å². The second kappa shape index (κ2) is 7.44. The average Bonchev–Trinajstić information content (AvgIpc) is 3.11. The fourth-order valence-corrected chi connectivity index (χ4v) is 4.31. The zero-order valence-corrected chi connectivity index (χ0v) is 16.0. The van der Waals surface area contributed by atoms with Crippen molar-refractivity contribution in [3.63, 3.8) is 0 Å². The summed E-state index contributed by atoms with van der Waals surface area (Å²) in [5, 5.41) is 6.20. The van der Waals surface area contributed by atoms with Crippen LogP contribution in [-0.4, -0.2) is 24.8 Å². The van der Waals surface area contributed by atoms with Gasteiger partial charge in [0, 0.05) is 29.1 Å². The maximum Gasteiger partial charge on any atom is 0.265 e. The lowest BCUT2D eigenvalue weighted by Crippen LogP contribution is -2.37. The van der Waals surface area contributed by atoms with Gasteiger partial charge in [0.1, 0.15) is 5.75 Å². The van der Waals surface area contributed by atoms with Gasteiger partial charge in [-0.15, -0.1) is 11.3 Å². The molecule has 0 atom stereocenters. The number of carbonyl (C=O) groups excluding carboxylic acids is 3. The van der Waals surface area contributed by atoms with Crippen molar-refractivity contribution in [2.24, 2.45) is 0 Å². The molecule has 3 aromatic rings. The van der Waals surface area contributed by atoms with E-state index in [1.54, 1.807) is 13.2 Å². The standard InChI is InChI=1S/C21H18N2O4S/c1-27-16-6-5-13-8-18(28-17(13)11-16)21(26)22-15-4-2-3-12(7-15)14-9-19(24)23-20(25)10-14/h2-8,11,14H,9-10H2,1H3,(H,22,26)(H,23,24,25). The fourth-order valence-electron chi connectivity index (χ4n) is 3.33. The Morgan fingerprint density at radius 2 is 1.89 bits per heavy atom. The summed E-state index contributed by atoms with van der Waals surface area (Å²) in [6, 6.07) is 14.9. The van der Waals surface area contributed by atoms with Gasteiger partial charge in [-0.3, -0.25) is 19.7 Å². The summed E-state index contributed by atoms with van der Waals surface area (Å²) in [5.41, 5.74) is 1.50. The lowest BCUT2D eigenvalue weighted by atomic mass is 9.89. The number of benzene rings is 2. The zero-order chi connectivity index (χ0) is 19.7. The van der Waals surface area contributed by atoms with Gasteiger partial charge in [0.2, 0.25) is 11.8 Å². The highest BCUT2D eigenvalue weighted by Crippen LogP contribution is 2.31. The van der Waals surface area contributed by atoms with Crippen LogP contribution in [0.5, 0.6) is 5.75 Å². The number of rotatable bonds is 4. The van der Waals surface area contributed by atoms with E-state index in [0.29, 0.717) is 10.6 Å². The van der Waals surface area contributed by atoms with Gasteiger partial charge < -0.3 is 10.1 Å². The van der Waals surface area contributed by atoms with Crippen molar-refractivity contribution in [1.82, 2.24) is 5.32 Å². The van der Waals surface area contributed by atoms with E-state index in [1.807, 2.05) is 42.5 Å². The molecule has 0 aliphatic carbocycles. The minimum absolute atomic E-state index is 0.171. The van der Waals surface area contributed by atoms with Gasteiger partial charge in [-0.2, -0.15) is 0 Å². The number of imide groups is 1. The maximum absolute atomic E-state index is 12.7. The third-order valence-corrected chi connectivity index (χ3v) is 5.81. The van der Waals surface area contributed by atoms with E-state index in [-0.39, 0.29) is 36.5 Å². The van der Waals surface area contributed by atoms with Crippen LogP contribution in [0.25, 0.3) is 10.1 Å². The number of fused-ring (bicyclic) bond motifs is 1. The molecule has 0 bridgehead atoms. The SMILES string of the molecule is COc1ccc2cc(C(=O)Nc3cccc(C4CC(=O)NC(=O)C4)c3)sc2c1. The topological polar surface area (TPSA) is 84.5 Å². The predicted octanol–water partition coefficient (Wildman–Crippen LogP) is 3.68. The van der Waals surface area contributed by atoms with Crippen LogP contribution in [0.4, 0.5) is 5.69 Å². The summed E-state index contributed by atoms with van der Waals surface area (Å²) in [5.74, 6) is -0.155. The summed E-state index contributed by atoms with van der Waals surface area (Å²) in [6.45, 7) is 0. The molecule has 1 aliphatic rings. The summed E-state index contributed by atoms with van der Waals surface area (Å²) in [7, 11) is 1.61. The molecule has 2 heterocycles. The summed E-state index contributed by atoms with van der Waals surface area (Å²) < 4.78 is 6.20. The first-order valence-corrected chi connectivity index (χ1v) is 9.65. The molecule has 1 saturated heterocycles. The Bertz CT molecular complexity index is 1070. The monoisotopic (exact) mass is 394 g/mol. The van der Waals surface area contributed by atoms with Crippen LogP contribution in [-0.2, 0) is 9.59 Å². The molecular weight excluding hydrogens is 376 g/mol. The van der Waals surface area contributed by atoms with Crippen molar-refractivity contribution < 1.29 is 19.1 Å². The molecule has 142 valence electrons. The Labute approximate surface area is 165 Å². The number of carbonyl (C=O) groups is 3. The van der Waals surface area contributed by atoms with E-state index in [1.165, 1.54) is 11.3 Å². The van der Waals surface area contributed by atoms with E-state index in [9.17, 15) is 14.4 Å². The van der Waals surface area contributed by atoms with Gasteiger partial charge in [-0.25, -0.2) is 0 Å². The van der Waals surface area contributed by atoms with Crippen LogP contribution in [0.1, 0.15) is 34.0 Å². The average molecular weight is 394 g/mol. The minimum Gasteiger partial charge on any atom is -0.497 e. The van der Waals surface area contributed by atoms with Crippen LogP contribution >= 0.6 is 11.3 Å². The number of hydrogen-bond acceptors (Lipinski definition) is 5. The molecule has 1 fully saturated rings. The summed E-state index contributed by atoms with van der Waals surface area (Å²) >= 11 is 1.40. The number of nitrogens with one attached hydrogen (secondary N) is 2. The van der Waals surface area contributed by atoms with E-state index in [2.05, 4.69) is 10.6 Å². The van der Waals surface area contributed by atoms with Crippen molar-refractivity contribution >= 4 is 44.8 Å². The van der Waals surface area contributed by atoms with Gasteiger partial charge in [-0.1, -0.05) is 12.1 Å².